The summed E-state index contributed by atoms with van der Waals surface area (Å²) in [6.07, 6.45) is -5.60. The van der Waals surface area contributed by atoms with Gasteiger partial charge in [-0.1, -0.05) is 30.3 Å². The van der Waals surface area contributed by atoms with Crippen LogP contribution in [0.15, 0.2) is 77.7 Å². The van der Waals surface area contributed by atoms with Crippen LogP contribution in [0, 0.1) is 0 Å². The van der Waals surface area contributed by atoms with Crippen molar-refractivity contribution in [2.45, 2.75) is 17.2 Å². The van der Waals surface area contributed by atoms with Crippen molar-refractivity contribution in [2.24, 2.45) is 0 Å². The van der Waals surface area contributed by atoms with Crippen LogP contribution in [0.4, 0.5) is 24.5 Å². The highest BCUT2D eigenvalue weighted by molar-refractivity contribution is 7.89. The minimum absolute atomic E-state index is 0.149. The summed E-state index contributed by atoms with van der Waals surface area (Å²) in [5, 5.41) is 5.51. The Morgan fingerprint density at radius 1 is 0.935 bits per heavy atom. The van der Waals surface area contributed by atoms with Gasteiger partial charge < -0.3 is 10.6 Å². The number of hydrogen-bond acceptors (Lipinski definition) is 4. The number of sulfonamides is 1. The van der Waals surface area contributed by atoms with E-state index in [-0.39, 0.29) is 16.5 Å². The Hall–Kier alpha value is -3.37. The highest BCUT2D eigenvalue weighted by atomic mass is 32.2. The van der Waals surface area contributed by atoms with E-state index >= 15 is 0 Å². The van der Waals surface area contributed by atoms with Gasteiger partial charge in [-0.3, -0.25) is 4.79 Å². The summed E-state index contributed by atoms with van der Waals surface area (Å²) in [5.74, 6) is -0.352. The number of carbonyl (C=O) groups is 1. The lowest BCUT2D eigenvalue weighted by molar-refractivity contribution is -0.137. The second-order valence-corrected chi connectivity index (χ2v) is 8.53. The predicted molar refractivity (Wildman–Crippen MR) is 109 cm³/mol. The van der Waals surface area contributed by atoms with Crippen LogP contribution >= 0.6 is 0 Å². The van der Waals surface area contributed by atoms with Crippen LogP contribution in [0.3, 0.4) is 0 Å². The van der Waals surface area contributed by atoms with Crippen molar-refractivity contribution in [3.05, 3.63) is 89.5 Å². The van der Waals surface area contributed by atoms with E-state index in [0.29, 0.717) is 16.8 Å². The second-order valence-electron chi connectivity index (χ2n) is 6.85. The molecule has 0 radical (unpaired) electrons. The minimum atomic E-state index is -4.60. The Labute approximate surface area is 176 Å². The van der Waals surface area contributed by atoms with Gasteiger partial charge in [0.25, 0.3) is 5.91 Å². The van der Waals surface area contributed by atoms with E-state index in [1.807, 2.05) is 6.07 Å². The number of anilines is 2. The summed E-state index contributed by atoms with van der Waals surface area (Å²) in [6.45, 7) is 0. The Balaban J connectivity index is 1.57. The smallest absolute Gasteiger partial charge is 0.364 e. The molecule has 1 atom stereocenters. The standard InChI is InChI=1S/C21H16F3N3O3S/c22-21(23,24)15-10-11-18-17(12-15)26-19(27-31(18,29)30)13-6-8-14(9-7-13)20(28)25-16-4-2-1-3-5-16/h1-12,19,26-27H,(H,25,28). The summed E-state index contributed by atoms with van der Waals surface area (Å²) >= 11 is 0. The third-order valence-corrected chi connectivity index (χ3v) is 6.19. The van der Waals surface area contributed by atoms with E-state index in [2.05, 4.69) is 15.4 Å². The molecule has 0 spiro atoms. The SMILES string of the molecule is O=C(Nc1ccccc1)c1ccc(C2Nc3cc(C(F)(F)F)ccc3S(=O)(=O)N2)cc1. The number of hydrogen-bond donors (Lipinski definition) is 3. The minimum Gasteiger partial charge on any atom is -0.364 e. The molecular weight excluding hydrogens is 431 g/mol. The fraction of sp³-hybridized carbons (Fsp3) is 0.0952. The molecule has 3 aromatic carbocycles. The first-order valence-electron chi connectivity index (χ1n) is 9.10. The first kappa shape index (κ1) is 20.9. The molecule has 1 aliphatic rings. The number of alkyl halides is 3. The molecular formula is C21H16F3N3O3S. The lowest BCUT2D eigenvalue weighted by Crippen LogP contribution is -2.38. The van der Waals surface area contributed by atoms with Gasteiger partial charge in [-0.2, -0.15) is 17.9 Å². The van der Waals surface area contributed by atoms with E-state index in [9.17, 15) is 26.4 Å². The van der Waals surface area contributed by atoms with Crippen molar-refractivity contribution in [3.8, 4) is 0 Å². The zero-order chi connectivity index (χ0) is 22.2. The van der Waals surface area contributed by atoms with Crippen molar-refractivity contribution in [3.63, 3.8) is 0 Å². The molecule has 0 aromatic heterocycles. The van der Waals surface area contributed by atoms with Crippen LogP contribution in [0.2, 0.25) is 0 Å². The van der Waals surface area contributed by atoms with Gasteiger partial charge in [0.05, 0.1) is 11.3 Å². The van der Waals surface area contributed by atoms with Gasteiger partial charge in [0.15, 0.2) is 0 Å². The largest absolute Gasteiger partial charge is 0.416 e. The summed E-state index contributed by atoms with van der Waals surface area (Å²) in [5.41, 5.74) is 0.288. The van der Waals surface area contributed by atoms with Crippen LogP contribution in [0.5, 0.6) is 0 Å². The van der Waals surface area contributed by atoms with Crippen molar-refractivity contribution in [1.29, 1.82) is 0 Å². The Morgan fingerprint density at radius 2 is 1.61 bits per heavy atom. The lowest BCUT2D eigenvalue weighted by atomic mass is 10.1. The van der Waals surface area contributed by atoms with Crippen LogP contribution in [-0.2, 0) is 16.2 Å². The number of para-hydroxylation sites is 1. The monoisotopic (exact) mass is 447 g/mol. The third-order valence-electron chi connectivity index (χ3n) is 4.71. The van der Waals surface area contributed by atoms with Crippen LogP contribution < -0.4 is 15.4 Å². The third kappa shape index (κ3) is 4.39. The Morgan fingerprint density at radius 3 is 2.26 bits per heavy atom. The molecule has 0 fully saturated rings. The maximum absolute atomic E-state index is 13.0. The first-order chi connectivity index (χ1) is 14.6. The normalized spacial score (nSPS) is 17.3. The number of nitrogens with one attached hydrogen (secondary N) is 3. The quantitative estimate of drug-likeness (QED) is 0.557. The lowest BCUT2D eigenvalue weighted by Gasteiger charge is -2.29. The fourth-order valence-electron chi connectivity index (χ4n) is 3.16. The van der Waals surface area contributed by atoms with E-state index < -0.39 is 27.9 Å². The van der Waals surface area contributed by atoms with Crippen molar-refractivity contribution < 1.29 is 26.4 Å². The maximum atomic E-state index is 13.0. The molecule has 4 rings (SSSR count). The highest BCUT2D eigenvalue weighted by Crippen LogP contribution is 2.37. The molecule has 6 nitrogen and oxygen atoms in total. The van der Waals surface area contributed by atoms with Crippen LogP contribution in [-0.4, -0.2) is 14.3 Å². The number of carbonyl (C=O) groups excluding carboxylic acids is 1. The van der Waals surface area contributed by atoms with Gasteiger partial charge in [0.1, 0.15) is 11.1 Å². The van der Waals surface area contributed by atoms with Crippen molar-refractivity contribution in [1.82, 2.24) is 4.72 Å². The molecule has 0 aliphatic carbocycles. The molecule has 3 N–H and O–H groups in total. The number of fused-ring (bicyclic) bond motifs is 1. The van der Waals surface area contributed by atoms with Crippen LogP contribution in [0.1, 0.15) is 27.7 Å². The summed E-state index contributed by atoms with van der Waals surface area (Å²) in [7, 11) is -4.03. The van der Waals surface area contributed by atoms with Crippen molar-refractivity contribution in [2.75, 3.05) is 10.6 Å². The van der Waals surface area contributed by atoms with Gasteiger partial charge in [-0.05, 0) is 48.0 Å². The fourth-order valence-corrected chi connectivity index (χ4v) is 4.45. The summed E-state index contributed by atoms with van der Waals surface area (Å²) in [6, 6.07) is 17.3. The molecule has 160 valence electrons. The van der Waals surface area contributed by atoms with Gasteiger partial charge in [0, 0.05) is 11.3 Å². The molecule has 0 saturated heterocycles. The number of amides is 1. The number of halogens is 3. The molecule has 10 heteroatoms. The van der Waals surface area contributed by atoms with E-state index in [1.165, 1.54) is 24.3 Å². The molecule has 0 saturated carbocycles. The molecule has 0 bridgehead atoms. The summed E-state index contributed by atoms with van der Waals surface area (Å²) < 4.78 is 66.4. The van der Waals surface area contributed by atoms with Gasteiger partial charge in [-0.25, -0.2) is 8.42 Å². The zero-order valence-electron chi connectivity index (χ0n) is 15.8. The van der Waals surface area contributed by atoms with E-state index in [0.717, 1.165) is 18.2 Å². The average molecular weight is 447 g/mol. The summed E-state index contributed by atoms with van der Waals surface area (Å²) in [4.78, 5) is 12.1. The predicted octanol–water partition coefficient (Wildman–Crippen LogP) is 4.36. The molecule has 1 unspecified atom stereocenters. The van der Waals surface area contributed by atoms with E-state index in [4.69, 9.17) is 0 Å². The van der Waals surface area contributed by atoms with Crippen molar-refractivity contribution >= 4 is 27.3 Å². The van der Waals surface area contributed by atoms with Gasteiger partial charge >= 0.3 is 6.18 Å². The molecule has 1 heterocycles. The number of rotatable bonds is 3. The van der Waals surface area contributed by atoms with Crippen LogP contribution in [0.25, 0.3) is 0 Å². The molecule has 1 aliphatic heterocycles. The van der Waals surface area contributed by atoms with Gasteiger partial charge in [0.2, 0.25) is 10.0 Å². The van der Waals surface area contributed by atoms with Gasteiger partial charge in [-0.15, -0.1) is 0 Å². The molecule has 31 heavy (non-hydrogen) atoms. The Bertz CT molecular complexity index is 1230. The highest BCUT2D eigenvalue weighted by Gasteiger charge is 2.35. The number of benzene rings is 3. The molecule has 3 aromatic rings. The first-order valence-corrected chi connectivity index (χ1v) is 10.6. The Kier molecular flexibility index (Phi) is 5.19. The topological polar surface area (TPSA) is 87.3 Å². The van der Waals surface area contributed by atoms with E-state index in [1.54, 1.807) is 24.3 Å². The second kappa shape index (κ2) is 7.71. The zero-order valence-corrected chi connectivity index (χ0v) is 16.6. The molecule has 1 amide bonds. The maximum Gasteiger partial charge on any atom is 0.416 e. The average Bonchev–Trinajstić information content (AvgIpc) is 2.73.